The van der Waals surface area contributed by atoms with E-state index < -0.39 is 17.9 Å². The summed E-state index contributed by atoms with van der Waals surface area (Å²) in [5.41, 5.74) is 0.109. The van der Waals surface area contributed by atoms with Gasteiger partial charge in [0, 0.05) is 12.0 Å². The lowest BCUT2D eigenvalue weighted by molar-refractivity contribution is -0.0338. The van der Waals surface area contributed by atoms with Crippen molar-refractivity contribution in [1.82, 2.24) is 9.88 Å². The van der Waals surface area contributed by atoms with E-state index in [0.29, 0.717) is 13.0 Å². The SMILES string of the molecule is CC(C)(C)OC(=O)N1CC[C@H]1C(O)Nc1nc(C(C)(C)C)co1. The van der Waals surface area contributed by atoms with Gasteiger partial charge in [-0.2, -0.15) is 4.98 Å². The Labute approximate surface area is 137 Å². The first-order valence-electron chi connectivity index (χ1n) is 7.87. The highest BCUT2D eigenvalue weighted by atomic mass is 16.6. The van der Waals surface area contributed by atoms with Crippen LogP contribution in [0.2, 0.25) is 0 Å². The van der Waals surface area contributed by atoms with Crippen LogP contribution in [0.1, 0.15) is 53.7 Å². The number of aliphatic hydroxyl groups excluding tert-OH is 1. The predicted molar refractivity (Wildman–Crippen MR) is 86.2 cm³/mol. The summed E-state index contributed by atoms with van der Waals surface area (Å²) >= 11 is 0. The number of anilines is 1. The van der Waals surface area contributed by atoms with E-state index in [2.05, 4.69) is 10.3 Å². The van der Waals surface area contributed by atoms with Gasteiger partial charge in [-0.05, 0) is 27.2 Å². The van der Waals surface area contributed by atoms with Gasteiger partial charge in [-0.3, -0.25) is 0 Å². The molecule has 0 saturated carbocycles. The number of carbonyl (C=O) groups is 1. The number of ether oxygens (including phenoxy) is 1. The van der Waals surface area contributed by atoms with Gasteiger partial charge < -0.3 is 24.5 Å². The Balaban J connectivity index is 1.94. The summed E-state index contributed by atoms with van der Waals surface area (Å²) in [6, 6.07) is -0.103. The molecule has 130 valence electrons. The number of nitrogens with one attached hydrogen (secondary N) is 1. The number of hydrogen-bond donors (Lipinski definition) is 2. The maximum Gasteiger partial charge on any atom is 0.410 e. The molecule has 1 aromatic heterocycles. The maximum absolute atomic E-state index is 12.1. The number of aliphatic hydroxyl groups is 1. The molecule has 2 heterocycles. The first-order valence-corrected chi connectivity index (χ1v) is 7.87. The lowest BCUT2D eigenvalue weighted by atomic mass is 9.93. The molecule has 23 heavy (non-hydrogen) atoms. The van der Waals surface area contributed by atoms with E-state index in [1.807, 2.05) is 41.5 Å². The van der Waals surface area contributed by atoms with Crippen LogP contribution in [0.15, 0.2) is 10.7 Å². The average molecular weight is 325 g/mol. The third-order valence-electron chi connectivity index (χ3n) is 3.60. The highest BCUT2D eigenvalue weighted by Crippen LogP contribution is 2.26. The van der Waals surface area contributed by atoms with Crippen LogP contribution in [0, 0.1) is 0 Å². The third-order valence-corrected chi connectivity index (χ3v) is 3.60. The number of likely N-dealkylation sites (tertiary alicyclic amines) is 1. The van der Waals surface area contributed by atoms with Crippen molar-refractivity contribution in [3.8, 4) is 0 Å². The van der Waals surface area contributed by atoms with E-state index in [0.717, 1.165) is 5.69 Å². The first kappa shape index (κ1) is 17.6. The van der Waals surface area contributed by atoms with Gasteiger partial charge >= 0.3 is 6.09 Å². The summed E-state index contributed by atoms with van der Waals surface area (Å²) in [7, 11) is 0. The third kappa shape index (κ3) is 4.37. The van der Waals surface area contributed by atoms with Gasteiger partial charge in [0.1, 0.15) is 18.1 Å². The van der Waals surface area contributed by atoms with Crippen molar-refractivity contribution < 1.29 is 19.1 Å². The largest absolute Gasteiger partial charge is 0.444 e. The summed E-state index contributed by atoms with van der Waals surface area (Å²) in [5, 5.41) is 13.1. The Kier molecular flexibility index (Phi) is 4.61. The zero-order valence-corrected chi connectivity index (χ0v) is 14.7. The van der Waals surface area contributed by atoms with E-state index in [1.54, 1.807) is 6.26 Å². The monoisotopic (exact) mass is 325 g/mol. The number of nitrogens with zero attached hydrogens (tertiary/aromatic N) is 2. The number of amides is 1. The van der Waals surface area contributed by atoms with Crippen LogP contribution < -0.4 is 5.32 Å². The number of carbonyl (C=O) groups excluding carboxylic acids is 1. The molecule has 0 spiro atoms. The van der Waals surface area contributed by atoms with Crippen molar-refractivity contribution in [2.75, 3.05) is 11.9 Å². The molecule has 2 rings (SSSR count). The molecule has 1 saturated heterocycles. The minimum absolute atomic E-state index is 0.132. The molecule has 1 amide bonds. The van der Waals surface area contributed by atoms with Gasteiger partial charge in [0.25, 0.3) is 6.01 Å². The van der Waals surface area contributed by atoms with E-state index >= 15 is 0 Å². The maximum atomic E-state index is 12.1. The Morgan fingerprint density at radius 3 is 2.52 bits per heavy atom. The minimum atomic E-state index is -0.956. The van der Waals surface area contributed by atoms with Crippen molar-refractivity contribution >= 4 is 12.1 Å². The van der Waals surface area contributed by atoms with Crippen LogP contribution in [0.3, 0.4) is 0 Å². The van der Waals surface area contributed by atoms with Crippen molar-refractivity contribution in [1.29, 1.82) is 0 Å². The van der Waals surface area contributed by atoms with Gasteiger partial charge in [-0.25, -0.2) is 4.79 Å². The number of oxazole rings is 1. The standard InChI is InChI=1S/C16H27N3O4/c1-15(2,3)11-9-22-13(17-11)18-12(20)10-7-8-19(10)14(21)23-16(4,5)6/h9-10,12,20H,7-8H2,1-6H3,(H,17,18)/t10-,12?/m0/s1. The topological polar surface area (TPSA) is 87.8 Å². The van der Waals surface area contributed by atoms with Crippen molar-refractivity contribution in [3.05, 3.63) is 12.0 Å². The molecule has 1 aliphatic rings. The minimum Gasteiger partial charge on any atom is -0.444 e. The highest BCUT2D eigenvalue weighted by Gasteiger charge is 2.40. The summed E-state index contributed by atoms with van der Waals surface area (Å²) in [4.78, 5) is 17.9. The molecule has 2 N–H and O–H groups in total. The van der Waals surface area contributed by atoms with Crippen molar-refractivity contribution in [2.24, 2.45) is 0 Å². The molecule has 7 nitrogen and oxygen atoms in total. The fraction of sp³-hybridized carbons (Fsp3) is 0.750. The molecule has 0 radical (unpaired) electrons. The second-order valence-electron chi connectivity index (χ2n) is 7.91. The van der Waals surface area contributed by atoms with Crippen LogP contribution in [0.4, 0.5) is 10.8 Å². The lowest BCUT2D eigenvalue weighted by Crippen LogP contribution is -2.59. The van der Waals surface area contributed by atoms with Gasteiger partial charge in [-0.15, -0.1) is 0 Å². The molecule has 0 aromatic carbocycles. The average Bonchev–Trinajstić information content (AvgIpc) is 2.72. The zero-order valence-electron chi connectivity index (χ0n) is 14.7. The molecule has 1 aliphatic heterocycles. The summed E-state index contributed by atoms with van der Waals surface area (Å²) in [5.74, 6) is 0. The van der Waals surface area contributed by atoms with E-state index in [9.17, 15) is 9.90 Å². The van der Waals surface area contributed by atoms with E-state index in [1.165, 1.54) is 4.90 Å². The van der Waals surface area contributed by atoms with Crippen molar-refractivity contribution in [3.63, 3.8) is 0 Å². The van der Waals surface area contributed by atoms with Gasteiger partial charge in [0.15, 0.2) is 0 Å². The molecule has 0 aliphatic carbocycles. The van der Waals surface area contributed by atoms with Gasteiger partial charge in [0.2, 0.25) is 0 Å². The molecule has 2 atom stereocenters. The van der Waals surface area contributed by atoms with Crippen LogP contribution >= 0.6 is 0 Å². The summed E-state index contributed by atoms with van der Waals surface area (Å²) < 4.78 is 10.7. The van der Waals surface area contributed by atoms with Crippen LogP contribution in [0.5, 0.6) is 0 Å². The van der Waals surface area contributed by atoms with Crippen LogP contribution in [0.25, 0.3) is 0 Å². The van der Waals surface area contributed by atoms with Gasteiger partial charge in [0.05, 0.1) is 11.7 Å². The number of rotatable bonds is 3. The highest BCUT2D eigenvalue weighted by molar-refractivity contribution is 5.69. The fourth-order valence-corrected chi connectivity index (χ4v) is 2.19. The normalized spacial score (nSPS) is 20.0. The second-order valence-corrected chi connectivity index (χ2v) is 7.91. The lowest BCUT2D eigenvalue weighted by Gasteiger charge is -2.43. The smallest absolute Gasteiger partial charge is 0.410 e. The van der Waals surface area contributed by atoms with Crippen LogP contribution in [-0.4, -0.2) is 45.5 Å². The predicted octanol–water partition coefficient (Wildman–Crippen LogP) is 2.71. The molecule has 7 heteroatoms. The molecular formula is C16H27N3O4. The Bertz CT molecular complexity index is 556. The van der Waals surface area contributed by atoms with E-state index in [-0.39, 0.29) is 17.5 Å². The first-order chi connectivity index (χ1) is 10.5. The Morgan fingerprint density at radius 2 is 2.09 bits per heavy atom. The van der Waals surface area contributed by atoms with Crippen LogP contribution in [-0.2, 0) is 10.2 Å². The number of hydrogen-bond acceptors (Lipinski definition) is 6. The Hall–Kier alpha value is -1.76. The summed E-state index contributed by atoms with van der Waals surface area (Å²) in [6.45, 7) is 12.1. The molecule has 0 bridgehead atoms. The second kappa shape index (κ2) is 6.03. The quantitative estimate of drug-likeness (QED) is 0.831. The van der Waals surface area contributed by atoms with Crippen molar-refractivity contribution in [2.45, 2.75) is 71.2 Å². The van der Waals surface area contributed by atoms with Gasteiger partial charge in [-0.1, -0.05) is 20.8 Å². The molecule has 1 fully saturated rings. The summed E-state index contributed by atoms with van der Waals surface area (Å²) in [6.07, 6.45) is 0.891. The molecule has 1 unspecified atom stereocenters. The fourth-order valence-electron chi connectivity index (χ4n) is 2.19. The molecule has 1 aromatic rings. The number of aromatic nitrogens is 1. The van der Waals surface area contributed by atoms with E-state index in [4.69, 9.17) is 9.15 Å². The molecular weight excluding hydrogens is 298 g/mol. The Morgan fingerprint density at radius 1 is 1.43 bits per heavy atom. The zero-order chi connectivity index (χ0) is 17.4.